The topological polar surface area (TPSA) is 91.2 Å². The zero-order chi connectivity index (χ0) is 17.1. The number of halogens is 1. The van der Waals surface area contributed by atoms with Crippen LogP contribution in [0.1, 0.15) is 20.8 Å². The summed E-state index contributed by atoms with van der Waals surface area (Å²) in [5.41, 5.74) is 0.899. The van der Waals surface area contributed by atoms with Gasteiger partial charge in [-0.2, -0.15) is 5.10 Å². The summed E-state index contributed by atoms with van der Waals surface area (Å²) in [4.78, 5) is 25.6. The molecule has 1 aromatic carbocycles. The predicted octanol–water partition coefficient (Wildman–Crippen LogP) is 1.80. The number of aromatic amines is 1. The normalized spacial score (nSPS) is 10.8. The minimum Gasteiger partial charge on any atom is -0.464 e. The van der Waals surface area contributed by atoms with Gasteiger partial charge in [0, 0.05) is 31.1 Å². The molecule has 2 aromatic heterocycles. The first kappa shape index (κ1) is 15.7. The van der Waals surface area contributed by atoms with Crippen LogP contribution in [-0.4, -0.2) is 47.0 Å². The molecular weight excluding hydrogens is 315 g/mol. The Labute approximate surface area is 136 Å². The van der Waals surface area contributed by atoms with Gasteiger partial charge in [0.05, 0.1) is 12.5 Å². The first-order valence-electron chi connectivity index (χ1n) is 7.26. The standard InChI is InChI=1S/C16H15FN4O3/c1-21(6-5-18-15(22)14-12(17)9-19-20-14)16(23)11-3-2-10-4-7-24-13(10)8-11/h2-4,7-9H,5-6H2,1H3,(H,18,22)(H,19,20). The summed E-state index contributed by atoms with van der Waals surface area (Å²) in [6.45, 7) is 0.457. The summed E-state index contributed by atoms with van der Waals surface area (Å²) in [6, 6.07) is 7.02. The van der Waals surface area contributed by atoms with Crippen molar-refractivity contribution in [3.63, 3.8) is 0 Å². The third-order valence-electron chi connectivity index (χ3n) is 3.60. The van der Waals surface area contributed by atoms with Gasteiger partial charge in [0.25, 0.3) is 11.8 Å². The largest absolute Gasteiger partial charge is 0.464 e. The molecule has 0 spiro atoms. The highest BCUT2D eigenvalue weighted by Crippen LogP contribution is 2.17. The molecule has 3 aromatic rings. The molecule has 2 N–H and O–H groups in total. The summed E-state index contributed by atoms with van der Waals surface area (Å²) < 4.78 is 18.5. The molecule has 124 valence electrons. The summed E-state index contributed by atoms with van der Waals surface area (Å²) in [5, 5.41) is 9.16. The fraction of sp³-hybridized carbons (Fsp3) is 0.188. The molecule has 0 aliphatic heterocycles. The first-order valence-corrected chi connectivity index (χ1v) is 7.26. The second kappa shape index (κ2) is 6.53. The Kier molecular flexibility index (Phi) is 4.28. The van der Waals surface area contributed by atoms with E-state index in [1.807, 2.05) is 12.1 Å². The van der Waals surface area contributed by atoms with Crippen molar-refractivity contribution in [2.75, 3.05) is 20.1 Å². The Morgan fingerprint density at radius 1 is 1.38 bits per heavy atom. The number of nitrogens with zero attached hydrogens (tertiary/aromatic N) is 2. The average Bonchev–Trinajstić information content (AvgIpc) is 3.21. The zero-order valence-electron chi connectivity index (χ0n) is 12.9. The van der Waals surface area contributed by atoms with Crippen LogP contribution in [-0.2, 0) is 0 Å². The average molecular weight is 330 g/mol. The van der Waals surface area contributed by atoms with Gasteiger partial charge >= 0.3 is 0 Å². The SMILES string of the molecule is CN(CCNC(=O)c1[nH]ncc1F)C(=O)c1ccc2ccoc2c1. The number of likely N-dealkylation sites (N-methyl/N-ethyl adjacent to an activating group) is 1. The number of hydrogen-bond acceptors (Lipinski definition) is 4. The van der Waals surface area contributed by atoms with E-state index < -0.39 is 11.7 Å². The van der Waals surface area contributed by atoms with Gasteiger partial charge in [-0.1, -0.05) is 6.07 Å². The van der Waals surface area contributed by atoms with Crippen LogP contribution < -0.4 is 5.32 Å². The van der Waals surface area contributed by atoms with E-state index in [-0.39, 0.29) is 24.7 Å². The van der Waals surface area contributed by atoms with E-state index in [0.29, 0.717) is 11.1 Å². The van der Waals surface area contributed by atoms with E-state index >= 15 is 0 Å². The van der Waals surface area contributed by atoms with Crippen LogP contribution in [0.3, 0.4) is 0 Å². The number of furan rings is 1. The lowest BCUT2D eigenvalue weighted by atomic mass is 10.1. The highest BCUT2D eigenvalue weighted by molar-refractivity contribution is 5.97. The van der Waals surface area contributed by atoms with Gasteiger partial charge < -0.3 is 14.6 Å². The van der Waals surface area contributed by atoms with Crippen LogP contribution in [0.2, 0.25) is 0 Å². The number of amides is 2. The molecule has 0 radical (unpaired) electrons. The Morgan fingerprint density at radius 2 is 2.21 bits per heavy atom. The van der Waals surface area contributed by atoms with Crippen molar-refractivity contribution in [2.24, 2.45) is 0 Å². The van der Waals surface area contributed by atoms with Crippen molar-refractivity contribution in [1.82, 2.24) is 20.4 Å². The van der Waals surface area contributed by atoms with E-state index in [9.17, 15) is 14.0 Å². The maximum absolute atomic E-state index is 13.2. The minimum atomic E-state index is -0.719. The second-order valence-electron chi connectivity index (χ2n) is 5.25. The lowest BCUT2D eigenvalue weighted by Gasteiger charge is -2.17. The molecule has 0 bridgehead atoms. The van der Waals surface area contributed by atoms with Gasteiger partial charge in [0.2, 0.25) is 0 Å². The molecule has 0 aliphatic carbocycles. The number of carbonyl (C=O) groups is 2. The van der Waals surface area contributed by atoms with E-state index in [1.54, 1.807) is 25.4 Å². The molecule has 8 heteroatoms. The van der Waals surface area contributed by atoms with Crippen LogP contribution in [0, 0.1) is 5.82 Å². The number of carbonyl (C=O) groups excluding carboxylic acids is 2. The fourth-order valence-electron chi connectivity index (χ4n) is 2.27. The number of nitrogens with one attached hydrogen (secondary N) is 2. The Morgan fingerprint density at radius 3 is 2.96 bits per heavy atom. The number of rotatable bonds is 5. The van der Waals surface area contributed by atoms with Crippen molar-refractivity contribution in [3.05, 3.63) is 53.8 Å². The minimum absolute atomic E-state index is 0.183. The van der Waals surface area contributed by atoms with Gasteiger partial charge in [0.15, 0.2) is 11.5 Å². The molecule has 0 saturated carbocycles. The van der Waals surface area contributed by atoms with Gasteiger partial charge in [0.1, 0.15) is 5.58 Å². The number of aromatic nitrogens is 2. The van der Waals surface area contributed by atoms with Gasteiger partial charge in [-0.15, -0.1) is 0 Å². The van der Waals surface area contributed by atoms with Crippen LogP contribution in [0.15, 0.2) is 41.1 Å². The second-order valence-corrected chi connectivity index (χ2v) is 5.25. The third-order valence-corrected chi connectivity index (χ3v) is 3.60. The monoisotopic (exact) mass is 330 g/mol. The van der Waals surface area contributed by atoms with Crippen LogP contribution in [0.25, 0.3) is 11.0 Å². The third kappa shape index (κ3) is 3.12. The lowest BCUT2D eigenvalue weighted by molar-refractivity contribution is 0.0786. The Bertz CT molecular complexity index is 886. The van der Waals surface area contributed by atoms with Crippen LogP contribution in [0.4, 0.5) is 4.39 Å². The van der Waals surface area contributed by atoms with Crippen molar-refractivity contribution in [1.29, 1.82) is 0 Å². The first-order chi connectivity index (χ1) is 11.6. The van der Waals surface area contributed by atoms with E-state index in [4.69, 9.17) is 4.42 Å². The number of H-pyrrole nitrogens is 1. The molecule has 0 saturated heterocycles. The van der Waals surface area contributed by atoms with E-state index in [1.165, 1.54) is 4.90 Å². The van der Waals surface area contributed by atoms with E-state index in [2.05, 4.69) is 15.5 Å². The smallest absolute Gasteiger partial charge is 0.272 e. The van der Waals surface area contributed by atoms with Gasteiger partial charge in [-0.25, -0.2) is 4.39 Å². The molecule has 24 heavy (non-hydrogen) atoms. The summed E-state index contributed by atoms with van der Waals surface area (Å²) in [7, 11) is 1.62. The molecule has 2 heterocycles. The van der Waals surface area contributed by atoms with Crippen LogP contribution in [0.5, 0.6) is 0 Å². The molecule has 2 amide bonds. The van der Waals surface area contributed by atoms with Crippen molar-refractivity contribution < 1.29 is 18.4 Å². The number of hydrogen-bond donors (Lipinski definition) is 2. The van der Waals surface area contributed by atoms with Gasteiger partial charge in [-0.3, -0.25) is 14.7 Å². The van der Waals surface area contributed by atoms with Crippen molar-refractivity contribution in [2.45, 2.75) is 0 Å². The molecule has 0 aliphatic rings. The molecular formula is C16H15FN4O3. The Hall–Kier alpha value is -3.16. The molecule has 0 unspecified atom stereocenters. The maximum Gasteiger partial charge on any atom is 0.272 e. The maximum atomic E-state index is 13.2. The zero-order valence-corrected chi connectivity index (χ0v) is 12.9. The number of benzene rings is 1. The quantitative estimate of drug-likeness (QED) is 0.746. The van der Waals surface area contributed by atoms with E-state index in [0.717, 1.165) is 11.6 Å². The summed E-state index contributed by atoms with van der Waals surface area (Å²) >= 11 is 0. The number of fused-ring (bicyclic) bond motifs is 1. The molecule has 7 nitrogen and oxygen atoms in total. The van der Waals surface area contributed by atoms with Crippen LogP contribution >= 0.6 is 0 Å². The molecule has 3 rings (SSSR count). The van der Waals surface area contributed by atoms with Gasteiger partial charge in [-0.05, 0) is 18.2 Å². The predicted molar refractivity (Wildman–Crippen MR) is 84.1 cm³/mol. The fourth-order valence-corrected chi connectivity index (χ4v) is 2.27. The molecule has 0 fully saturated rings. The Balaban J connectivity index is 1.56. The highest BCUT2D eigenvalue weighted by atomic mass is 19.1. The lowest BCUT2D eigenvalue weighted by Crippen LogP contribution is -2.36. The summed E-state index contributed by atoms with van der Waals surface area (Å²) in [5.74, 6) is -1.53. The molecule has 0 atom stereocenters. The highest BCUT2D eigenvalue weighted by Gasteiger charge is 2.15. The summed E-state index contributed by atoms with van der Waals surface area (Å²) in [6.07, 6.45) is 2.49. The van der Waals surface area contributed by atoms with Crippen molar-refractivity contribution >= 4 is 22.8 Å². The van der Waals surface area contributed by atoms with Crippen molar-refractivity contribution in [3.8, 4) is 0 Å².